The smallest absolute Gasteiger partial charge is 0.120 e. The molecule has 3 nitrogen and oxygen atoms in total. The van der Waals surface area contributed by atoms with Gasteiger partial charge in [0.2, 0.25) is 0 Å². The summed E-state index contributed by atoms with van der Waals surface area (Å²) in [6, 6.07) is 8.71. The lowest BCUT2D eigenvalue weighted by Gasteiger charge is -2.01. The lowest BCUT2D eigenvalue weighted by Crippen LogP contribution is -1.98. The highest BCUT2D eigenvalue weighted by molar-refractivity contribution is 5.28. The molecule has 0 spiro atoms. The van der Waals surface area contributed by atoms with Crippen LogP contribution in [0.3, 0.4) is 0 Å². The van der Waals surface area contributed by atoms with Gasteiger partial charge in [-0.25, -0.2) is 4.98 Å². The molecule has 0 saturated heterocycles. The summed E-state index contributed by atoms with van der Waals surface area (Å²) in [5.41, 5.74) is 10.4. The highest BCUT2D eigenvalue weighted by atomic mass is 14.9. The van der Waals surface area contributed by atoms with Crippen molar-refractivity contribution in [3.63, 3.8) is 0 Å². The molecule has 1 heterocycles. The Balaban J connectivity index is 2.16. The highest BCUT2D eigenvalue weighted by Crippen LogP contribution is 2.13. The first-order valence-corrected chi connectivity index (χ1v) is 6.05. The number of H-pyrrole nitrogens is 1. The molecule has 0 radical (unpaired) electrons. The van der Waals surface area contributed by atoms with Gasteiger partial charge in [-0.1, -0.05) is 31.2 Å². The SMILES string of the molecule is CCc1ccc(Cc2nc(CN)[nH]c2C)cc1. The topological polar surface area (TPSA) is 54.7 Å². The molecule has 2 aromatic rings. The molecule has 17 heavy (non-hydrogen) atoms. The summed E-state index contributed by atoms with van der Waals surface area (Å²) in [5.74, 6) is 0.864. The normalized spacial score (nSPS) is 10.8. The van der Waals surface area contributed by atoms with Gasteiger partial charge in [0, 0.05) is 12.1 Å². The number of aryl methyl sites for hydroxylation is 2. The van der Waals surface area contributed by atoms with Gasteiger partial charge in [-0.3, -0.25) is 0 Å². The van der Waals surface area contributed by atoms with Crippen LogP contribution in [0.5, 0.6) is 0 Å². The van der Waals surface area contributed by atoms with Crippen LogP contribution in [-0.2, 0) is 19.4 Å². The molecular formula is C14H19N3. The number of nitrogens with two attached hydrogens (primary N) is 1. The van der Waals surface area contributed by atoms with Crippen molar-refractivity contribution in [1.82, 2.24) is 9.97 Å². The van der Waals surface area contributed by atoms with E-state index < -0.39 is 0 Å². The van der Waals surface area contributed by atoms with Crippen LogP contribution in [0.2, 0.25) is 0 Å². The Bertz CT molecular complexity index is 483. The molecule has 0 fully saturated rings. The van der Waals surface area contributed by atoms with Crippen LogP contribution < -0.4 is 5.73 Å². The Morgan fingerprint density at radius 2 is 1.82 bits per heavy atom. The summed E-state index contributed by atoms with van der Waals surface area (Å²) in [7, 11) is 0. The summed E-state index contributed by atoms with van der Waals surface area (Å²) in [4.78, 5) is 7.69. The maximum absolute atomic E-state index is 5.57. The minimum atomic E-state index is 0.468. The van der Waals surface area contributed by atoms with Crippen molar-refractivity contribution < 1.29 is 0 Å². The van der Waals surface area contributed by atoms with Crippen molar-refractivity contribution in [3.8, 4) is 0 Å². The molecule has 0 amide bonds. The van der Waals surface area contributed by atoms with Crippen LogP contribution in [0.4, 0.5) is 0 Å². The number of imidazole rings is 1. The Labute approximate surface area is 102 Å². The molecule has 90 valence electrons. The van der Waals surface area contributed by atoms with Gasteiger partial charge in [0.05, 0.1) is 12.2 Å². The monoisotopic (exact) mass is 229 g/mol. The third-order valence-electron chi connectivity index (χ3n) is 3.03. The zero-order chi connectivity index (χ0) is 12.3. The van der Waals surface area contributed by atoms with Gasteiger partial charge in [0.25, 0.3) is 0 Å². The number of nitrogens with zero attached hydrogens (tertiary/aromatic N) is 1. The Kier molecular flexibility index (Phi) is 3.59. The summed E-state index contributed by atoms with van der Waals surface area (Å²) in [6.07, 6.45) is 1.95. The first-order chi connectivity index (χ1) is 8.22. The molecule has 0 aliphatic rings. The van der Waals surface area contributed by atoms with Gasteiger partial charge in [-0.15, -0.1) is 0 Å². The molecule has 3 N–H and O–H groups in total. The van der Waals surface area contributed by atoms with E-state index >= 15 is 0 Å². The molecule has 3 heteroatoms. The molecule has 0 aliphatic heterocycles. The average Bonchev–Trinajstić information content (AvgIpc) is 2.71. The molecule has 0 unspecified atom stereocenters. The molecule has 0 aliphatic carbocycles. The van der Waals surface area contributed by atoms with Gasteiger partial charge < -0.3 is 10.7 Å². The summed E-state index contributed by atoms with van der Waals surface area (Å²) < 4.78 is 0. The molecule has 0 saturated carbocycles. The number of aromatic nitrogens is 2. The van der Waals surface area contributed by atoms with E-state index in [2.05, 4.69) is 41.2 Å². The minimum absolute atomic E-state index is 0.468. The second-order valence-electron chi connectivity index (χ2n) is 4.31. The maximum atomic E-state index is 5.57. The van der Waals surface area contributed by atoms with Crippen LogP contribution in [0.15, 0.2) is 24.3 Å². The molecule has 2 rings (SSSR count). The summed E-state index contributed by atoms with van der Waals surface area (Å²) >= 11 is 0. The molecule has 1 aromatic heterocycles. The zero-order valence-electron chi connectivity index (χ0n) is 10.5. The molecule has 0 atom stereocenters. The van der Waals surface area contributed by atoms with E-state index in [-0.39, 0.29) is 0 Å². The van der Waals surface area contributed by atoms with Crippen molar-refractivity contribution in [1.29, 1.82) is 0 Å². The van der Waals surface area contributed by atoms with Crippen molar-refractivity contribution in [2.45, 2.75) is 33.2 Å². The van der Waals surface area contributed by atoms with E-state index in [1.165, 1.54) is 11.1 Å². The minimum Gasteiger partial charge on any atom is -0.345 e. The van der Waals surface area contributed by atoms with Crippen LogP contribution in [0.1, 0.15) is 35.3 Å². The molecule has 0 bridgehead atoms. The standard InChI is InChI=1S/C14H19N3/c1-3-11-4-6-12(7-5-11)8-13-10(2)16-14(9-15)17-13/h4-7H,3,8-9,15H2,1-2H3,(H,16,17). The molecule has 1 aromatic carbocycles. The second kappa shape index (κ2) is 5.15. The lowest BCUT2D eigenvalue weighted by molar-refractivity contribution is 0.934. The predicted octanol–water partition coefficient (Wildman–Crippen LogP) is 2.33. The number of aromatic amines is 1. The van der Waals surface area contributed by atoms with E-state index in [4.69, 9.17) is 5.73 Å². The number of hydrogen-bond donors (Lipinski definition) is 2. The van der Waals surface area contributed by atoms with E-state index in [9.17, 15) is 0 Å². The largest absolute Gasteiger partial charge is 0.345 e. The van der Waals surface area contributed by atoms with Gasteiger partial charge in [0.1, 0.15) is 5.82 Å². The zero-order valence-corrected chi connectivity index (χ0v) is 10.5. The second-order valence-corrected chi connectivity index (χ2v) is 4.31. The summed E-state index contributed by atoms with van der Waals surface area (Å²) in [6.45, 7) is 4.68. The third-order valence-corrected chi connectivity index (χ3v) is 3.03. The predicted molar refractivity (Wildman–Crippen MR) is 69.8 cm³/mol. The van der Waals surface area contributed by atoms with E-state index in [0.717, 1.165) is 30.1 Å². The van der Waals surface area contributed by atoms with Crippen LogP contribution >= 0.6 is 0 Å². The number of nitrogens with one attached hydrogen (secondary N) is 1. The highest BCUT2D eigenvalue weighted by Gasteiger charge is 2.06. The van der Waals surface area contributed by atoms with Crippen molar-refractivity contribution in [2.75, 3.05) is 0 Å². The van der Waals surface area contributed by atoms with Gasteiger partial charge >= 0.3 is 0 Å². The van der Waals surface area contributed by atoms with Crippen molar-refractivity contribution in [2.24, 2.45) is 5.73 Å². The Hall–Kier alpha value is -1.61. The van der Waals surface area contributed by atoms with Crippen molar-refractivity contribution >= 4 is 0 Å². The van der Waals surface area contributed by atoms with Gasteiger partial charge in [0.15, 0.2) is 0 Å². The summed E-state index contributed by atoms with van der Waals surface area (Å²) in [5, 5.41) is 0. The number of hydrogen-bond acceptors (Lipinski definition) is 2. The van der Waals surface area contributed by atoms with Gasteiger partial charge in [-0.2, -0.15) is 0 Å². The van der Waals surface area contributed by atoms with Crippen LogP contribution in [-0.4, -0.2) is 9.97 Å². The number of rotatable bonds is 4. The quantitative estimate of drug-likeness (QED) is 0.845. The third kappa shape index (κ3) is 2.74. The Morgan fingerprint density at radius 1 is 1.18 bits per heavy atom. The average molecular weight is 229 g/mol. The maximum Gasteiger partial charge on any atom is 0.120 e. The van der Waals surface area contributed by atoms with E-state index in [0.29, 0.717) is 6.54 Å². The Morgan fingerprint density at radius 3 is 2.35 bits per heavy atom. The van der Waals surface area contributed by atoms with E-state index in [1.807, 2.05) is 6.92 Å². The fraction of sp³-hybridized carbons (Fsp3) is 0.357. The lowest BCUT2D eigenvalue weighted by atomic mass is 10.1. The van der Waals surface area contributed by atoms with Crippen LogP contribution in [0.25, 0.3) is 0 Å². The first-order valence-electron chi connectivity index (χ1n) is 6.05. The fourth-order valence-corrected chi connectivity index (χ4v) is 1.92. The van der Waals surface area contributed by atoms with E-state index in [1.54, 1.807) is 0 Å². The van der Waals surface area contributed by atoms with Crippen molar-refractivity contribution in [3.05, 3.63) is 52.6 Å². The number of benzene rings is 1. The van der Waals surface area contributed by atoms with Gasteiger partial charge in [-0.05, 0) is 24.5 Å². The van der Waals surface area contributed by atoms with Crippen LogP contribution in [0, 0.1) is 6.92 Å². The fourth-order valence-electron chi connectivity index (χ4n) is 1.92. The first kappa shape index (κ1) is 11.9. The molecular weight excluding hydrogens is 210 g/mol.